The summed E-state index contributed by atoms with van der Waals surface area (Å²) < 4.78 is 36.4. The minimum absolute atomic E-state index is 0.134. The van der Waals surface area contributed by atoms with E-state index in [0.717, 1.165) is 13.0 Å². The second-order valence-electron chi connectivity index (χ2n) is 5.65. The first-order valence-electron chi connectivity index (χ1n) is 6.91. The first kappa shape index (κ1) is 16.4. The van der Waals surface area contributed by atoms with Gasteiger partial charge in [-0.1, -0.05) is 5.16 Å². The Balaban J connectivity index is 1.97. The van der Waals surface area contributed by atoms with Crippen LogP contribution in [0.5, 0.6) is 0 Å². The van der Waals surface area contributed by atoms with E-state index < -0.39 is 10.0 Å². The average molecular weight is 317 g/mol. The summed E-state index contributed by atoms with van der Waals surface area (Å²) >= 11 is 0. The number of likely N-dealkylation sites (N-methyl/N-ethyl adjacent to an activating group) is 2. The van der Waals surface area contributed by atoms with Gasteiger partial charge < -0.3 is 9.26 Å². The Morgan fingerprint density at radius 1 is 1.57 bits per heavy atom. The van der Waals surface area contributed by atoms with Gasteiger partial charge in [0.05, 0.1) is 6.10 Å². The minimum Gasteiger partial charge on any atom is -0.380 e. The van der Waals surface area contributed by atoms with Gasteiger partial charge in [-0.05, 0) is 20.4 Å². The van der Waals surface area contributed by atoms with E-state index in [4.69, 9.17) is 9.26 Å². The van der Waals surface area contributed by atoms with E-state index in [-0.39, 0.29) is 17.9 Å². The lowest BCUT2D eigenvalue weighted by atomic mass is 10.2. The van der Waals surface area contributed by atoms with E-state index in [1.165, 1.54) is 4.31 Å². The summed E-state index contributed by atoms with van der Waals surface area (Å²) in [6, 6.07) is 1.82. The third-order valence-electron chi connectivity index (χ3n) is 3.93. The lowest BCUT2D eigenvalue weighted by Crippen LogP contribution is -2.40. The molecule has 1 aliphatic heterocycles. The molecule has 1 aromatic heterocycles. The van der Waals surface area contributed by atoms with Gasteiger partial charge in [-0.3, -0.25) is 4.90 Å². The highest BCUT2D eigenvalue weighted by atomic mass is 32.2. The molecule has 21 heavy (non-hydrogen) atoms. The Labute approximate surface area is 125 Å². The fourth-order valence-electron chi connectivity index (χ4n) is 2.61. The van der Waals surface area contributed by atoms with Crippen LogP contribution in [0.15, 0.2) is 10.6 Å². The molecule has 7 nitrogen and oxygen atoms in total. The second-order valence-corrected chi connectivity index (χ2v) is 7.73. The Morgan fingerprint density at radius 3 is 2.81 bits per heavy atom. The van der Waals surface area contributed by atoms with Crippen molar-refractivity contribution >= 4 is 10.0 Å². The predicted octanol–water partition coefficient (Wildman–Crippen LogP) is 0.464. The standard InChI is InChI=1S/C13H23N3O4S/c1-10-5-11(14-20-10)9-21(17,18)16(3)7-12-6-13(19-4)8-15(12)2/h5,12-13H,6-9H2,1-4H3/t12-,13-/m0/s1. The molecular weight excluding hydrogens is 294 g/mol. The summed E-state index contributed by atoms with van der Waals surface area (Å²) in [7, 11) is 1.90. The molecule has 0 unspecified atom stereocenters. The van der Waals surface area contributed by atoms with Gasteiger partial charge >= 0.3 is 0 Å². The number of hydrogen-bond donors (Lipinski definition) is 0. The molecule has 120 valence electrons. The minimum atomic E-state index is -3.39. The zero-order chi connectivity index (χ0) is 15.6. The summed E-state index contributed by atoms with van der Waals surface area (Å²) in [5, 5.41) is 3.74. The summed E-state index contributed by atoms with van der Waals surface area (Å²) in [5.41, 5.74) is 0.439. The topological polar surface area (TPSA) is 75.9 Å². The Hall–Kier alpha value is -0.960. The molecule has 1 fully saturated rings. The van der Waals surface area contributed by atoms with Crippen molar-refractivity contribution in [1.29, 1.82) is 0 Å². The van der Waals surface area contributed by atoms with Gasteiger partial charge in [0.25, 0.3) is 0 Å². The van der Waals surface area contributed by atoms with Crippen LogP contribution in [0, 0.1) is 6.92 Å². The lowest BCUT2D eigenvalue weighted by molar-refractivity contribution is 0.111. The van der Waals surface area contributed by atoms with Gasteiger partial charge in [0.15, 0.2) is 0 Å². The van der Waals surface area contributed by atoms with Crippen LogP contribution in [0.25, 0.3) is 0 Å². The van der Waals surface area contributed by atoms with E-state index >= 15 is 0 Å². The third-order valence-corrected chi connectivity index (χ3v) is 5.69. The summed E-state index contributed by atoms with van der Waals surface area (Å²) in [4.78, 5) is 2.14. The van der Waals surface area contributed by atoms with Crippen molar-refractivity contribution in [2.24, 2.45) is 0 Å². The quantitative estimate of drug-likeness (QED) is 0.759. The maximum atomic E-state index is 12.3. The fraction of sp³-hybridized carbons (Fsp3) is 0.769. The maximum Gasteiger partial charge on any atom is 0.219 e. The van der Waals surface area contributed by atoms with Crippen LogP contribution in [-0.4, -0.2) is 69.2 Å². The van der Waals surface area contributed by atoms with Crippen molar-refractivity contribution in [3.63, 3.8) is 0 Å². The second kappa shape index (κ2) is 6.43. The van der Waals surface area contributed by atoms with Gasteiger partial charge in [-0.15, -0.1) is 0 Å². The van der Waals surface area contributed by atoms with Gasteiger partial charge in [-0.2, -0.15) is 0 Å². The van der Waals surface area contributed by atoms with E-state index in [1.54, 1.807) is 27.1 Å². The molecule has 0 spiro atoms. The molecular formula is C13H23N3O4S. The van der Waals surface area contributed by atoms with Crippen LogP contribution in [0.1, 0.15) is 17.9 Å². The Bertz CT molecular complexity index is 572. The number of nitrogens with zero attached hydrogens (tertiary/aromatic N) is 3. The average Bonchev–Trinajstić information content (AvgIpc) is 2.96. The number of ether oxygens (including phenoxy) is 1. The van der Waals surface area contributed by atoms with Crippen molar-refractivity contribution in [3.05, 3.63) is 17.5 Å². The molecule has 0 aliphatic carbocycles. The predicted molar refractivity (Wildman–Crippen MR) is 78.3 cm³/mol. The van der Waals surface area contributed by atoms with E-state index in [0.29, 0.717) is 18.0 Å². The Morgan fingerprint density at radius 2 is 2.29 bits per heavy atom. The van der Waals surface area contributed by atoms with Crippen LogP contribution >= 0.6 is 0 Å². The van der Waals surface area contributed by atoms with E-state index in [9.17, 15) is 8.42 Å². The molecule has 1 aromatic rings. The smallest absolute Gasteiger partial charge is 0.219 e. The molecule has 2 heterocycles. The number of hydrogen-bond acceptors (Lipinski definition) is 6. The number of aromatic nitrogens is 1. The molecule has 8 heteroatoms. The van der Waals surface area contributed by atoms with Crippen LogP contribution in [0.4, 0.5) is 0 Å². The number of sulfonamides is 1. The van der Waals surface area contributed by atoms with E-state index in [2.05, 4.69) is 10.1 Å². The monoisotopic (exact) mass is 317 g/mol. The van der Waals surface area contributed by atoms with Crippen LogP contribution < -0.4 is 0 Å². The van der Waals surface area contributed by atoms with Crippen molar-refractivity contribution in [3.8, 4) is 0 Å². The van der Waals surface area contributed by atoms with Gasteiger partial charge in [0.2, 0.25) is 10.0 Å². The first-order chi connectivity index (χ1) is 9.81. The number of likely N-dealkylation sites (tertiary alicyclic amines) is 1. The number of rotatable bonds is 6. The molecule has 0 bridgehead atoms. The largest absolute Gasteiger partial charge is 0.380 e. The highest BCUT2D eigenvalue weighted by Gasteiger charge is 2.32. The lowest BCUT2D eigenvalue weighted by Gasteiger charge is -2.24. The van der Waals surface area contributed by atoms with E-state index in [1.807, 2.05) is 7.05 Å². The summed E-state index contributed by atoms with van der Waals surface area (Å²) in [6.45, 7) is 3.03. The molecule has 0 aromatic carbocycles. The van der Waals surface area contributed by atoms with Crippen molar-refractivity contribution in [1.82, 2.24) is 14.4 Å². The highest BCUT2D eigenvalue weighted by Crippen LogP contribution is 2.20. The highest BCUT2D eigenvalue weighted by molar-refractivity contribution is 7.88. The maximum absolute atomic E-state index is 12.3. The van der Waals surface area contributed by atoms with Crippen molar-refractivity contribution in [2.45, 2.75) is 31.2 Å². The molecule has 2 atom stereocenters. The summed E-state index contributed by atoms with van der Waals surface area (Å²) in [6.07, 6.45) is 1.02. The van der Waals surface area contributed by atoms with Gasteiger partial charge in [0.1, 0.15) is 17.2 Å². The van der Waals surface area contributed by atoms with Gasteiger partial charge in [-0.25, -0.2) is 12.7 Å². The van der Waals surface area contributed by atoms with Crippen LogP contribution in [0.2, 0.25) is 0 Å². The molecule has 2 rings (SSSR count). The number of methoxy groups -OCH3 is 1. The third kappa shape index (κ3) is 4.03. The SMILES string of the molecule is CO[C@H]1C[C@@H](CN(C)S(=O)(=O)Cc2cc(C)on2)N(C)C1. The zero-order valence-electron chi connectivity index (χ0n) is 12.9. The normalized spacial score (nSPS) is 24.0. The Kier molecular flexibility index (Phi) is 5.03. The zero-order valence-corrected chi connectivity index (χ0v) is 13.8. The molecule has 1 saturated heterocycles. The molecule has 0 N–H and O–H groups in total. The number of aryl methyl sites for hydroxylation is 1. The van der Waals surface area contributed by atoms with Gasteiger partial charge in [0, 0.05) is 39.4 Å². The van der Waals surface area contributed by atoms with Crippen LogP contribution in [-0.2, 0) is 20.5 Å². The van der Waals surface area contributed by atoms with Crippen LogP contribution in [0.3, 0.4) is 0 Å². The van der Waals surface area contributed by atoms with Crippen molar-refractivity contribution < 1.29 is 17.7 Å². The summed E-state index contributed by atoms with van der Waals surface area (Å²) in [5.74, 6) is 0.478. The molecule has 0 amide bonds. The van der Waals surface area contributed by atoms with Crippen molar-refractivity contribution in [2.75, 3.05) is 34.3 Å². The molecule has 0 radical (unpaired) electrons. The fourth-order valence-corrected chi connectivity index (χ4v) is 3.74. The molecule has 1 aliphatic rings. The first-order valence-corrected chi connectivity index (χ1v) is 8.52. The molecule has 0 saturated carbocycles.